The van der Waals surface area contributed by atoms with E-state index in [1.54, 1.807) is 42.5 Å². The Kier molecular flexibility index (Phi) is 8.20. The van der Waals surface area contributed by atoms with Crippen LogP contribution in [0.4, 0.5) is 5.69 Å². The molecule has 43 heavy (non-hydrogen) atoms. The number of benzene rings is 3. The molecule has 1 aliphatic carbocycles. The van der Waals surface area contributed by atoms with Crippen molar-refractivity contribution in [1.82, 2.24) is 4.90 Å². The molecule has 6 rings (SSSR count). The molecule has 3 aliphatic rings. The SMILES string of the molecule is C[C@H]1[C@@H](CN2CC3(C)CC2CC(C)(C)C3)O[C@@H](c2cccc(NS(=O)(=O)c3ccccc3)c2)O[C@H]1c1ccc(CO)cc1. The minimum atomic E-state index is -3.74. The van der Waals surface area contributed by atoms with Crippen LogP contribution in [0, 0.1) is 16.7 Å². The number of sulfonamides is 1. The molecule has 230 valence electrons. The molecule has 3 fully saturated rings. The number of anilines is 1. The van der Waals surface area contributed by atoms with Crippen molar-refractivity contribution in [3.63, 3.8) is 0 Å². The van der Waals surface area contributed by atoms with Gasteiger partial charge in [0.2, 0.25) is 0 Å². The fourth-order valence-corrected chi connectivity index (χ4v) is 8.98. The highest BCUT2D eigenvalue weighted by molar-refractivity contribution is 7.92. The number of hydrogen-bond acceptors (Lipinski definition) is 6. The Morgan fingerprint density at radius 1 is 0.930 bits per heavy atom. The van der Waals surface area contributed by atoms with Gasteiger partial charge in [-0.05, 0) is 65.5 Å². The number of nitrogens with one attached hydrogen (secondary N) is 1. The third-order valence-corrected chi connectivity index (χ3v) is 10.9. The minimum Gasteiger partial charge on any atom is -0.392 e. The first-order valence-corrected chi connectivity index (χ1v) is 16.8. The Morgan fingerprint density at radius 3 is 2.40 bits per heavy atom. The first kappa shape index (κ1) is 30.3. The fraction of sp³-hybridized carbons (Fsp3) is 0.486. The standard InChI is InChI=1S/C35H44N2O5S/c1-24-31(20-37-23-35(4)19-29(37)18-34(2,3)22-35)41-33(42-32(24)26-15-13-25(21-38)14-16-26)27-9-8-10-28(17-27)36-43(39,40)30-11-6-5-7-12-30/h5-17,24,29,31-33,36,38H,18-23H2,1-4H3/t24-,29?,31+,32+,33+,35?/m0/s1. The normalized spacial score (nSPS) is 30.7. The molecule has 3 aromatic rings. The van der Waals surface area contributed by atoms with Crippen LogP contribution in [0.1, 0.15) is 76.0 Å². The lowest BCUT2D eigenvalue weighted by molar-refractivity contribution is -0.276. The molecule has 8 heteroatoms. The van der Waals surface area contributed by atoms with E-state index < -0.39 is 16.3 Å². The second-order valence-electron chi connectivity index (χ2n) is 14.0. The molecule has 2 saturated heterocycles. The molecule has 3 aromatic carbocycles. The van der Waals surface area contributed by atoms with Crippen LogP contribution < -0.4 is 4.72 Å². The predicted octanol–water partition coefficient (Wildman–Crippen LogP) is 6.67. The fourth-order valence-electron chi connectivity index (χ4n) is 7.91. The highest BCUT2D eigenvalue weighted by atomic mass is 32.2. The van der Waals surface area contributed by atoms with Gasteiger partial charge in [-0.25, -0.2) is 8.42 Å². The summed E-state index contributed by atoms with van der Waals surface area (Å²) < 4.78 is 42.2. The molecule has 2 heterocycles. The zero-order valence-corrected chi connectivity index (χ0v) is 26.4. The van der Waals surface area contributed by atoms with Gasteiger partial charge in [0.1, 0.15) is 0 Å². The summed E-state index contributed by atoms with van der Waals surface area (Å²) in [5.74, 6) is 0.0808. The minimum absolute atomic E-state index is 0.00708. The van der Waals surface area contributed by atoms with Gasteiger partial charge < -0.3 is 14.6 Å². The molecule has 2 unspecified atom stereocenters. The number of nitrogens with zero attached hydrogens (tertiary/aromatic N) is 1. The zero-order chi connectivity index (χ0) is 30.4. The number of aliphatic hydroxyl groups excluding tert-OH is 1. The van der Waals surface area contributed by atoms with Gasteiger partial charge in [-0.1, -0.05) is 82.3 Å². The lowest BCUT2D eigenvalue weighted by Gasteiger charge is -2.43. The van der Waals surface area contributed by atoms with Crippen LogP contribution in [-0.2, 0) is 26.1 Å². The lowest BCUT2D eigenvalue weighted by atomic mass is 9.65. The summed E-state index contributed by atoms with van der Waals surface area (Å²) in [5, 5.41) is 9.59. The molecule has 7 nitrogen and oxygen atoms in total. The van der Waals surface area contributed by atoms with E-state index in [0.29, 0.717) is 22.6 Å². The van der Waals surface area contributed by atoms with Crippen LogP contribution in [0.3, 0.4) is 0 Å². The largest absolute Gasteiger partial charge is 0.392 e. The van der Waals surface area contributed by atoms with E-state index in [1.807, 2.05) is 36.4 Å². The summed E-state index contributed by atoms with van der Waals surface area (Å²) in [6, 6.07) is 24.1. The highest BCUT2D eigenvalue weighted by Crippen LogP contribution is 2.53. The van der Waals surface area contributed by atoms with Crippen molar-refractivity contribution >= 4 is 15.7 Å². The van der Waals surface area contributed by atoms with E-state index in [-0.39, 0.29) is 29.6 Å². The Bertz CT molecular complexity index is 1530. The molecular formula is C35H44N2O5S. The molecule has 0 spiro atoms. The van der Waals surface area contributed by atoms with Crippen LogP contribution in [0.5, 0.6) is 0 Å². The second kappa shape index (κ2) is 11.6. The molecule has 0 radical (unpaired) electrons. The third-order valence-electron chi connectivity index (χ3n) is 9.53. The van der Waals surface area contributed by atoms with Crippen molar-refractivity contribution in [1.29, 1.82) is 0 Å². The van der Waals surface area contributed by atoms with E-state index in [2.05, 4.69) is 37.3 Å². The van der Waals surface area contributed by atoms with Crippen molar-refractivity contribution in [2.45, 2.75) is 83.0 Å². The average molecular weight is 605 g/mol. The molecular weight excluding hydrogens is 560 g/mol. The number of fused-ring (bicyclic) bond motifs is 2. The smallest absolute Gasteiger partial charge is 0.261 e. The highest BCUT2D eigenvalue weighted by Gasteiger charge is 2.51. The van der Waals surface area contributed by atoms with Crippen LogP contribution in [0.25, 0.3) is 0 Å². The molecule has 6 atom stereocenters. The maximum Gasteiger partial charge on any atom is 0.261 e. The van der Waals surface area contributed by atoms with Crippen molar-refractivity contribution in [2.75, 3.05) is 17.8 Å². The van der Waals surface area contributed by atoms with Crippen molar-refractivity contribution in [2.24, 2.45) is 16.7 Å². The van der Waals surface area contributed by atoms with E-state index in [4.69, 9.17) is 9.47 Å². The summed E-state index contributed by atoms with van der Waals surface area (Å²) in [7, 11) is -3.74. The van der Waals surface area contributed by atoms with Gasteiger partial charge in [0.05, 0.1) is 23.7 Å². The van der Waals surface area contributed by atoms with Crippen LogP contribution in [0.15, 0.2) is 83.8 Å². The average Bonchev–Trinajstić information content (AvgIpc) is 3.21. The van der Waals surface area contributed by atoms with E-state index in [0.717, 1.165) is 29.8 Å². The Morgan fingerprint density at radius 2 is 1.67 bits per heavy atom. The molecule has 2 aliphatic heterocycles. The van der Waals surface area contributed by atoms with Crippen LogP contribution >= 0.6 is 0 Å². The van der Waals surface area contributed by atoms with Crippen molar-refractivity contribution < 1.29 is 23.0 Å². The quantitative estimate of drug-likeness (QED) is 0.299. The van der Waals surface area contributed by atoms with E-state index in [9.17, 15) is 13.5 Å². The number of likely N-dealkylation sites (tertiary alicyclic amines) is 1. The van der Waals surface area contributed by atoms with Gasteiger partial charge in [0.25, 0.3) is 10.0 Å². The monoisotopic (exact) mass is 604 g/mol. The molecule has 0 aromatic heterocycles. The Balaban J connectivity index is 1.28. The number of hydrogen-bond donors (Lipinski definition) is 2. The second-order valence-corrected chi connectivity index (χ2v) is 15.7. The Hall–Kier alpha value is -2.75. The molecule has 2 N–H and O–H groups in total. The summed E-state index contributed by atoms with van der Waals surface area (Å²) in [4.78, 5) is 2.85. The summed E-state index contributed by atoms with van der Waals surface area (Å²) in [6.45, 7) is 11.3. The van der Waals surface area contributed by atoms with E-state index in [1.165, 1.54) is 19.3 Å². The van der Waals surface area contributed by atoms with Gasteiger partial charge >= 0.3 is 0 Å². The topological polar surface area (TPSA) is 88.1 Å². The third kappa shape index (κ3) is 6.54. The Labute approximate surface area is 256 Å². The van der Waals surface area contributed by atoms with Gasteiger partial charge in [0.15, 0.2) is 6.29 Å². The maximum absolute atomic E-state index is 13.0. The predicted molar refractivity (Wildman–Crippen MR) is 168 cm³/mol. The number of aliphatic hydroxyl groups is 1. The molecule has 1 saturated carbocycles. The molecule has 2 bridgehead atoms. The van der Waals surface area contributed by atoms with Gasteiger partial charge in [0, 0.05) is 36.3 Å². The van der Waals surface area contributed by atoms with E-state index >= 15 is 0 Å². The maximum atomic E-state index is 13.0. The van der Waals surface area contributed by atoms with Crippen LogP contribution in [-0.4, -0.2) is 43.7 Å². The van der Waals surface area contributed by atoms with Gasteiger partial charge in [-0.15, -0.1) is 0 Å². The van der Waals surface area contributed by atoms with Crippen molar-refractivity contribution in [3.8, 4) is 0 Å². The summed E-state index contributed by atoms with van der Waals surface area (Å²) >= 11 is 0. The first-order chi connectivity index (χ1) is 20.4. The first-order valence-electron chi connectivity index (χ1n) is 15.4. The number of rotatable bonds is 8. The zero-order valence-electron chi connectivity index (χ0n) is 25.6. The summed E-state index contributed by atoms with van der Waals surface area (Å²) in [5.41, 5.74) is 3.77. The lowest BCUT2D eigenvalue weighted by Crippen LogP contribution is -2.46. The number of ether oxygens (including phenoxy) is 2. The van der Waals surface area contributed by atoms with Gasteiger partial charge in [-0.3, -0.25) is 9.62 Å². The summed E-state index contributed by atoms with van der Waals surface area (Å²) in [6.07, 6.45) is 2.68. The molecule has 0 amide bonds. The van der Waals surface area contributed by atoms with Gasteiger partial charge in [-0.2, -0.15) is 0 Å². The van der Waals surface area contributed by atoms with Crippen molar-refractivity contribution in [3.05, 3.63) is 95.6 Å². The van der Waals surface area contributed by atoms with Crippen LogP contribution in [0.2, 0.25) is 0 Å².